The van der Waals surface area contributed by atoms with Crippen LogP contribution in [0, 0.1) is 5.92 Å². The number of phenolic OH excluding ortho intramolecular Hbond substituents is 1. The number of phenols is 1. The molecule has 3 unspecified atom stereocenters. The maximum atomic E-state index is 11.8. The number of piperidine rings is 1. The van der Waals surface area contributed by atoms with Crippen molar-refractivity contribution in [3.63, 3.8) is 0 Å². The van der Waals surface area contributed by atoms with E-state index in [1.165, 1.54) is 26.2 Å². The number of aryl methyl sites for hydroxylation is 1. The number of nitrogens with one attached hydrogen (secondary N) is 2. The van der Waals surface area contributed by atoms with Crippen LogP contribution in [-0.2, 0) is 16.0 Å². The molecule has 3 rings (SSSR count). The average Bonchev–Trinajstić information content (AvgIpc) is 2.94. The molecule has 1 aliphatic carbocycles. The van der Waals surface area contributed by atoms with Crippen LogP contribution in [-0.4, -0.2) is 66.1 Å². The molecule has 0 amide bonds. The third kappa shape index (κ3) is 11.9. The maximum Gasteiger partial charge on any atom is 0.302 e. The minimum Gasteiger partial charge on any atom is -0.504 e. The van der Waals surface area contributed by atoms with Crippen molar-refractivity contribution in [1.82, 2.24) is 10.6 Å². The number of aliphatic imine (C=N–C) groups is 1. The highest BCUT2D eigenvalue weighted by Crippen LogP contribution is 2.30. The molecule has 0 radical (unpaired) electrons. The highest BCUT2D eigenvalue weighted by atomic mass is 16.5. The molecule has 0 spiro atoms. The minimum atomic E-state index is -0.571. The van der Waals surface area contributed by atoms with Gasteiger partial charge in [-0.25, -0.2) is 0 Å². The zero-order valence-corrected chi connectivity index (χ0v) is 24.6. The summed E-state index contributed by atoms with van der Waals surface area (Å²) in [6, 6.07) is 5.84. The lowest BCUT2D eigenvalue weighted by Crippen LogP contribution is -2.41. The smallest absolute Gasteiger partial charge is 0.302 e. The van der Waals surface area contributed by atoms with Crippen molar-refractivity contribution in [1.29, 1.82) is 0 Å². The van der Waals surface area contributed by atoms with Gasteiger partial charge in [0.2, 0.25) is 0 Å². The highest BCUT2D eigenvalue weighted by Gasteiger charge is 2.21. The van der Waals surface area contributed by atoms with Crippen LogP contribution < -0.4 is 21.1 Å². The van der Waals surface area contributed by atoms with Crippen molar-refractivity contribution in [3.8, 4) is 11.5 Å². The summed E-state index contributed by atoms with van der Waals surface area (Å²) in [5.74, 6) is 1.15. The summed E-state index contributed by atoms with van der Waals surface area (Å²) in [5.41, 5.74) is 7.14. The predicted molar refractivity (Wildman–Crippen MR) is 159 cm³/mol. The third-order valence-electron chi connectivity index (χ3n) is 8.19. The van der Waals surface area contributed by atoms with Gasteiger partial charge in [-0.15, -0.1) is 0 Å². The number of nitrogens with zero attached hydrogens (tertiary/aromatic N) is 1. The monoisotopic (exact) mass is 560 g/mol. The zero-order valence-electron chi connectivity index (χ0n) is 24.6. The predicted octanol–water partition coefficient (Wildman–Crippen LogP) is 4.18. The van der Waals surface area contributed by atoms with Crippen molar-refractivity contribution < 1.29 is 24.5 Å². The SMILES string of the molecule is CCC(CCC(O)CC(CCc1ccc(O)c(OC2CCNCC2)c1)OC(C)=O)CN=C(N)NC1CCCCC1. The molecule has 0 aromatic heterocycles. The molecule has 1 aliphatic heterocycles. The zero-order chi connectivity index (χ0) is 28.7. The first-order valence-electron chi connectivity index (χ1n) is 15.4. The maximum absolute atomic E-state index is 11.8. The fourth-order valence-electron chi connectivity index (χ4n) is 5.69. The lowest BCUT2D eigenvalue weighted by molar-refractivity contribution is -0.148. The van der Waals surface area contributed by atoms with E-state index in [2.05, 4.69) is 22.5 Å². The molecule has 1 aromatic carbocycles. The van der Waals surface area contributed by atoms with Crippen molar-refractivity contribution >= 4 is 11.9 Å². The Morgan fingerprint density at radius 2 is 1.90 bits per heavy atom. The number of ether oxygens (including phenoxy) is 2. The quantitative estimate of drug-likeness (QED) is 0.122. The number of guanidine groups is 1. The third-order valence-corrected chi connectivity index (χ3v) is 8.19. The van der Waals surface area contributed by atoms with E-state index in [0.717, 1.165) is 57.2 Å². The highest BCUT2D eigenvalue weighted by molar-refractivity contribution is 5.78. The Hall–Kier alpha value is -2.52. The van der Waals surface area contributed by atoms with Gasteiger partial charge in [0.25, 0.3) is 0 Å². The second kappa shape index (κ2) is 17.3. The molecule has 3 atom stereocenters. The summed E-state index contributed by atoms with van der Waals surface area (Å²) in [7, 11) is 0. The second-order valence-corrected chi connectivity index (χ2v) is 11.6. The van der Waals surface area contributed by atoms with Crippen molar-refractivity contribution in [3.05, 3.63) is 23.8 Å². The Morgan fingerprint density at radius 3 is 2.60 bits per heavy atom. The lowest BCUT2D eigenvalue weighted by atomic mass is 9.95. The van der Waals surface area contributed by atoms with Crippen molar-refractivity contribution in [2.24, 2.45) is 16.6 Å². The van der Waals surface area contributed by atoms with Gasteiger partial charge in [-0.2, -0.15) is 0 Å². The molecule has 1 aromatic rings. The Kier molecular flexibility index (Phi) is 13.9. The summed E-state index contributed by atoms with van der Waals surface area (Å²) in [5, 5.41) is 27.8. The van der Waals surface area contributed by atoms with Crippen LogP contribution in [0.1, 0.15) is 96.5 Å². The molecule has 226 valence electrons. The van der Waals surface area contributed by atoms with Gasteiger partial charge in [0.05, 0.1) is 6.10 Å². The molecule has 1 saturated carbocycles. The van der Waals surface area contributed by atoms with Gasteiger partial charge in [-0.1, -0.05) is 38.7 Å². The van der Waals surface area contributed by atoms with Gasteiger partial charge in [0.1, 0.15) is 12.2 Å². The number of carbonyl (C=O) groups is 1. The molecule has 40 heavy (non-hydrogen) atoms. The van der Waals surface area contributed by atoms with Crippen LogP contribution in [0.2, 0.25) is 0 Å². The van der Waals surface area contributed by atoms with Gasteiger partial charge < -0.3 is 36.1 Å². The molecule has 9 heteroatoms. The molecule has 2 fully saturated rings. The van der Waals surface area contributed by atoms with E-state index in [1.54, 1.807) is 6.07 Å². The van der Waals surface area contributed by atoms with Crippen molar-refractivity contribution in [2.45, 2.75) is 122 Å². The fraction of sp³-hybridized carbons (Fsp3) is 0.742. The first-order valence-corrected chi connectivity index (χ1v) is 15.4. The molecule has 6 N–H and O–H groups in total. The number of aliphatic hydroxyl groups excluding tert-OH is 1. The molecule has 2 aliphatic rings. The van der Waals surface area contributed by atoms with E-state index < -0.39 is 6.10 Å². The fourth-order valence-corrected chi connectivity index (χ4v) is 5.69. The van der Waals surface area contributed by atoms with Crippen LogP contribution in [0.4, 0.5) is 0 Å². The Labute approximate surface area is 240 Å². The van der Waals surface area contributed by atoms with E-state index in [0.29, 0.717) is 55.9 Å². The number of aromatic hydroxyl groups is 1. The Morgan fingerprint density at radius 1 is 1.15 bits per heavy atom. The van der Waals surface area contributed by atoms with Crippen LogP contribution in [0.3, 0.4) is 0 Å². The van der Waals surface area contributed by atoms with E-state index in [9.17, 15) is 15.0 Å². The van der Waals surface area contributed by atoms with Gasteiger partial charge in [0.15, 0.2) is 17.5 Å². The number of carbonyl (C=O) groups excluding carboxylic acids is 1. The van der Waals surface area contributed by atoms with Crippen LogP contribution in [0.25, 0.3) is 0 Å². The minimum absolute atomic E-state index is 0.0913. The first kappa shape index (κ1) is 32.0. The summed E-state index contributed by atoms with van der Waals surface area (Å²) >= 11 is 0. The van der Waals surface area contributed by atoms with E-state index in [4.69, 9.17) is 15.2 Å². The number of hydrogen-bond acceptors (Lipinski definition) is 7. The van der Waals surface area contributed by atoms with Crippen LogP contribution in [0.15, 0.2) is 23.2 Å². The second-order valence-electron chi connectivity index (χ2n) is 11.6. The average molecular weight is 561 g/mol. The first-order chi connectivity index (χ1) is 19.3. The summed E-state index contributed by atoms with van der Waals surface area (Å²) in [6.07, 6.45) is 11.1. The topological polar surface area (TPSA) is 138 Å². The Balaban J connectivity index is 1.45. The van der Waals surface area contributed by atoms with Crippen LogP contribution in [0.5, 0.6) is 11.5 Å². The normalized spacial score (nSPS) is 19.5. The molecular formula is C31H52N4O5. The Bertz CT molecular complexity index is 915. The summed E-state index contributed by atoms with van der Waals surface area (Å²) in [6.45, 7) is 6.01. The van der Waals surface area contributed by atoms with Gasteiger partial charge in [0, 0.05) is 25.9 Å². The number of benzene rings is 1. The molecule has 1 saturated heterocycles. The number of esters is 1. The van der Waals surface area contributed by atoms with Crippen LogP contribution >= 0.6 is 0 Å². The molecule has 1 heterocycles. The number of aliphatic hydroxyl groups is 1. The number of hydrogen-bond donors (Lipinski definition) is 5. The van der Waals surface area contributed by atoms with Gasteiger partial charge in [-0.05, 0) is 88.1 Å². The van der Waals surface area contributed by atoms with Gasteiger partial charge >= 0.3 is 5.97 Å². The van der Waals surface area contributed by atoms with E-state index in [-0.39, 0.29) is 23.9 Å². The van der Waals surface area contributed by atoms with Gasteiger partial charge in [-0.3, -0.25) is 9.79 Å². The molecule has 0 bridgehead atoms. The lowest BCUT2D eigenvalue weighted by Gasteiger charge is -2.24. The van der Waals surface area contributed by atoms with E-state index in [1.807, 2.05) is 12.1 Å². The standard InChI is InChI=1S/C31H52N4O5/c1-3-23(21-34-31(32)35-25-7-5-4-6-8-25)9-12-26(37)20-28(39-22(2)36)13-10-24-11-14-29(38)30(19-24)40-27-15-17-33-18-16-27/h11,14,19,23,25-28,33,37-38H,3-10,12-13,15-18,20-21H2,1-2H3,(H3,32,34,35). The number of nitrogens with two attached hydrogens (primary N) is 1. The summed E-state index contributed by atoms with van der Waals surface area (Å²) in [4.78, 5) is 16.4. The molecular weight excluding hydrogens is 508 g/mol. The molecule has 9 nitrogen and oxygen atoms in total. The van der Waals surface area contributed by atoms with Crippen molar-refractivity contribution in [2.75, 3.05) is 19.6 Å². The number of rotatable bonds is 15. The van der Waals surface area contributed by atoms with E-state index >= 15 is 0 Å². The largest absolute Gasteiger partial charge is 0.504 e. The summed E-state index contributed by atoms with van der Waals surface area (Å²) < 4.78 is 11.6.